The molecule has 1 saturated heterocycles. The zero-order valence-electron chi connectivity index (χ0n) is 10.6. The van der Waals surface area contributed by atoms with Crippen molar-refractivity contribution in [3.63, 3.8) is 0 Å². The Hall–Kier alpha value is -0.650. The predicted molar refractivity (Wildman–Crippen MR) is 71.7 cm³/mol. The van der Waals surface area contributed by atoms with Crippen molar-refractivity contribution in [1.29, 1.82) is 0 Å². The first-order valence-electron chi connectivity index (χ1n) is 6.27. The average molecular weight is 255 g/mol. The van der Waals surface area contributed by atoms with Crippen LogP contribution in [0, 0.1) is 0 Å². The smallest absolute Gasteiger partial charge is 0.185 e. The Kier molecular flexibility index (Phi) is 4.76. The number of rotatable bonds is 5. The molecule has 2 heterocycles. The van der Waals surface area contributed by atoms with Gasteiger partial charge >= 0.3 is 0 Å². The molecular weight excluding hydrogens is 234 g/mol. The first-order valence-corrected chi connectivity index (χ1v) is 7.09. The SMILES string of the molecule is CCNCc1cnc(N(C)C2CCOCC2)s1. The third-order valence-electron chi connectivity index (χ3n) is 3.13. The molecule has 0 bridgehead atoms. The van der Waals surface area contributed by atoms with Gasteiger partial charge in [0.15, 0.2) is 5.13 Å². The predicted octanol–water partition coefficient (Wildman–Crippen LogP) is 1.87. The van der Waals surface area contributed by atoms with Crippen molar-refractivity contribution in [3.8, 4) is 0 Å². The lowest BCUT2D eigenvalue weighted by atomic mass is 10.1. The van der Waals surface area contributed by atoms with Crippen LogP contribution >= 0.6 is 11.3 Å². The van der Waals surface area contributed by atoms with Crippen LogP contribution in [0.25, 0.3) is 0 Å². The van der Waals surface area contributed by atoms with Gasteiger partial charge in [-0.1, -0.05) is 6.92 Å². The maximum Gasteiger partial charge on any atom is 0.185 e. The molecular formula is C12H21N3OS. The molecule has 1 aromatic rings. The summed E-state index contributed by atoms with van der Waals surface area (Å²) < 4.78 is 5.39. The van der Waals surface area contributed by atoms with Crippen LogP contribution in [-0.2, 0) is 11.3 Å². The third-order valence-corrected chi connectivity index (χ3v) is 4.22. The highest BCUT2D eigenvalue weighted by Crippen LogP contribution is 2.26. The Morgan fingerprint density at radius 1 is 1.53 bits per heavy atom. The number of nitrogens with zero attached hydrogens (tertiary/aromatic N) is 2. The number of nitrogens with one attached hydrogen (secondary N) is 1. The molecule has 0 atom stereocenters. The van der Waals surface area contributed by atoms with E-state index in [1.54, 1.807) is 11.3 Å². The molecule has 17 heavy (non-hydrogen) atoms. The average Bonchev–Trinajstić information content (AvgIpc) is 2.85. The first kappa shape index (κ1) is 12.8. The van der Waals surface area contributed by atoms with Crippen molar-refractivity contribution in [2.45, 2.75) is 32.4 Å². The number of hydrogen-bond acceptors (Lipinski definition) is 5. The Morgan fingerprint density at radius 3 is 3.00 bits per heavy atom. The van der Waals surface area contributed by atoms with Crippen LogP contribution in [0.3, 0.4) is 0 Å². The zero-order valence-corrected chi connectivity index (χ0v) is 11.4. The highest BCUT2D eigenvalue weighted by Gasteiger charge is 2.20. The number of hydrogen-bond donors (Lipinski definition) is 1. The minimum absolute atomic E-state index is 0.585. The lowest BCUT2D eigenvalue weighted by Gasteiger charge is -2.30. The van der Waals surface area contributed by atoms with E-state index in [1.165, 1.54) is 4.88 Å². The molecule has 0 radical (unpaired) electrons. The van der Waals surface area contributed by atoms with E-state index in [0.717, 1.165) is 44.3 Å². The molecule has 0 saturated carbocycles. The van der Waals surface area contributed by atoms with Gasteiger partial charge in [0.2, 0.25) is 0 Å². The minimum atomic E-state index is 0.585. The summed E-state index contributed by atoms with van der Waals surface area (Å²) in [6.45, 7) is 5.81. The fourth-order valence-corrected chi connectivity index (χ4v) is 2.93. The quantitative estimate of drug-likeness (QED) is 0.871. The van der Waals surface area contributed by atoms with Gasteiger partial charge in [0.05, 0.1) is 0 Å². The van der Waals surface area contributed by atoms with E-state index >= 15 is 0 Å². The highest BCUT2D eigenvalue weighted by molar-refractivity contribution is 7.15. The van der Waals surface area contributed by atoms with Crippen molar-refractivity contribution in [1.82, 2.24) is 10.3 Å². The van der Waals surface area contributed by atoms with Crippen molar-refractivity contribution in [2.24, 2.45) is 0 Å². The van der Waals surface area contributed by atoms with Crippen LogP contribution in [0.5, 0.6) is 0 Å². The molecule has 0 unspecified atom stereocenters. The Balaban J connectivity index is 1.93. The molecule has 0 amide bonds. The second-order valence-electron chi connectivity index (χ2n) is 4.34. The lowest BCUT2D eigenvalue weighted by molar-refractivity contribution is 0.0855. The summed E-state index contributed by atoms with van der Waals surface area (Å²) in [7, 11) is 2.14. The van der Waals surface area contributed by atoms with Gasteiger partial charge in [0.1, 0.15) is 0 Å². The van der Waals surface area contributed by atoms with Gasteiger partial charge in [-0.2, -0.15) is 0 Å². The first-order chi connectivity index (χ1) is 8.31. The van der Waals surface area contributed by atoms with Crippen molar-refractivity contribution >= 4 is 16.5 Å². The second-order valence-corrected chi connectivity index (χ2v) is 5.44. The summed E-state index contributed by atoms with van der Waals surface area (Å²) in [6.07, 6.45) is 4.20. The number of aromatic nitrogens is 1. The Bertz CT molecular complexity index is 336. The number of thiazole rings is 1. The number of anilines is 1. The Morgan fingerprint density at radius 2 is 2.29 bits per heavy atom. The van der Waals surface area contributed by atoms with Gasteiger partial charge < -0.3 is 15.0 Å². The molecule has 1 aliphatic rings. The van der Waals surface area contributed by atoms with Crippen LogP contribution in [0.15, 0.2) is 6.20 Å². The van der Waals surface area contributed by atoms with E-state index in [1.807, 2.05) is 6.20 Å². The summed E-state index contributed by atoms with van der Waals surface area (Å²) in [6, 6.07) is 0.585. The van der Waals surface area contributed by atoms with E-state index in [2.05, 4.69) is 29.2 Å². The van der Waals surface area contributed by atoms with Crippen LogP contribution in [0.1, 0.15) is 24.6 Å². The monoisotopic (exact) mass is 255 g/mol. The molecule has 1 aliphatic heterocycles. The summed E-state index contributed by atoms with van der Waals surface area (Å²) in [5.41, 5.74) is 0. The molecule has 0 spiro atoms. The highest BCUT2D eigenvalue weighted by atomic mass is 32.1. The molecule has 2 rings (SSSR count). The van der Waals surface area contributed by atoms with Crippen LogP contribution in [0.4, 0.5) is 5.13 Å². The zero-order chi connectivity index (χ0) is 12.1. The standard InChI is InChI=1S/C12H21N3OS/c1-3-13-8-11-9-14-12(17-11)15(2)10-4-6-16-7-5-10/h9-10,13H,3-8H2,1-2H3. The molecule has 1 fully saturated rings. The van der Waals surface area contributed by atoms with Crippen LogP contribution in [-0.4, -0.2) is 37.8 Å². The molecule has 0 aromatic carbocycles. The molecule has 4 nitrogen and oxygen atoms in total. The summed E-state index contributed by atoms with van der Waals surface area (Å²) in [4.78, 5) is 8.12. The summed E-state index contributed by atoms with van der Waals surface area (Å²) >= 11 is 1.79. The maximum atomic E-state index is 5.39. The van der Waals surface area contributed by atoms with Gasteiger partial charge in [-0.05, 0) is 19.4 Å². The van der Waals surface area contributed by atoms with Crippen molar-refractivity contribution in [3.05, 3.63) is 11.1 Å². The second kappa shape index (κ2) is 6.33. The fraction of sp³-hybridized carbons (Fsp3) is 0.750. The van der Waals surface area contributed by atoms with Crippen LogP contribution in [0.2, 0.25) is 0 Å². The summed E-state index contributed by atoms with van der Waals surface area (Å²) in [5.74, 6) is 0. The van der Waals surface area contributed by atoms with Gasteiger partial charge in [-0.25, -0.2) is 4.98 Å². The van der Waals surface area contributed by atoms with E-state index < -0.39 is 0 Å². The van der Waals surface area contributed by atoms with E-state index in [-0.39, 0.29) is 0 Å². The topological polar surface area (TPSA) is 37.4 Å². The van der Waals surface area contributed by atoms with Gasteiger partial charge in [-0.3, -0.25) is 0 Å². The molecule has 1 N–H and O–H groups in total. The molecule has 0 aliphatic carbocycles. The fourth-order valence-electron chi connectivity index (χ4n) is 2.02. The summed E-state index contributed by atoms with van der Waals surface area (Å²) in [5, 5.41) is 4.46. The van der Waals surface area contributed by atoms with Crippen molar-refractivity contribution < 1.29 is 4.74 Å². The van der Waals surface area contributed by atoms with E-state index in [9.17, 15) is 0 Å². The van der Waals surface area contributed by atoms with E-state index in [0.29, 0.717) is 6.04 Å². The van der Waals surface area contributed by atoms with E-state index in [4.69, 9.17) is 4.74 Å². The molecule has 1 aromatic heterocycles. The molecule has 5 heteroatoms. The maximum absolute atomic E-state index is 5.39. The lowest BCUT2D eigenvalue weighted by Crippen LogP contribution is -2.36. The third kappa shape index (κ3) is 3.40. The van der Waals surface area contributed by atoms with Gasteiger partial charge in [0, 0.05) is 43.9 Å². The van der Waals surface area contributed by atoms with Gasteiger partial charge in [0.25, 0.3) is 0 Å². The molecule has 96 valence electrons. The van der Waals surface area contributed by atoms with Gasteiger partial charge in [-0.15, -0.1) is 11.3 Å². The minimum Gasteiger partial charge on any atom is -0.381 e. The van der Waals surface area contributed by atoms with Crippen LogP contribution < -0.4 is 10.2 Å². The largest absolute Gasteiger partial charge is 0.381 e. The number of ether oxygens (including phenoxy) is 1. The normalized spacial score (nSPS) is 17.3. The van der Waals surface area contributed by atoms with Crippen molar-refractivity contribution in [2.75, 3.05) is 31.7 Å². The Labute approximate surface area is 107 Å².